The van der Waals surface area contributed by atoms with Gasteiger partial charge in [0, 0.05) is 6.42 Å². The summed E-state index contributed by atoms with van der Waals surface area (Å²) in [6, 6.07) is 0. The molecule has 1 atom stereocenters. The standard InChI is InChI=1S/C20H38O4/c1-2-3-4-5-6-7-8-9-10-11-12-13-14-15-16-20(23)24-18-19(22)17-21/h8-9,19,21-22H,2-7,10-18H2,1H3/b9-8-/t19-/m1/s1. The maximum atomic E-state index is 11.4. The van der Waals surface area contributed by atoms with Crippen molar-refractivity contribution in [3.05, 3.63) is 12.2 Å². The molecule has 24 heavy (non-hydrogen) atoms. The van der Waals surface area contributed by atoms with Crippen molar-refractivity contribution >= 4 is 5.97 Å². The summed E-state index contributed by atoms with van der Waals surface area (Å²) in [5.74, 6) is -0.288. The van der Waals surface area contributed by atoms with E-state index in [0.29, 0.717) is 6.42 Å². The molecule has 0 aliphatic rings. The Labute approximate surface area is 148 Å². The van der Waals surface area contributed by atoms with Crippen LogP contribution in [0.2, 0.25) is 0 Å². The van der Waals surface area contributed by atoms with Crippen LogP contribution in [-0.4, -0.2) is 35.5 Å². The summed E-state index contributed by atoms with van der Waals surface area (Å²) in [6.45, 7) is 1.76. The van der Waals surface area contributed by atoms with E-state index in [0.717, 1.165) is 25.7 Å². The van der Waals surface area contributed by atoms with Gasteiger partial charge in [-0.25, -0.2) is 0 Å². The number of aliphatic hydroxyl groups excluding tert-OH is 2. The molecule has 0 aliphatic carbocycles. The number of esters is 1. The minimum Gasteiger partial charge on any atom is -0.463 e. The Bertz CT molecular complexity index is 302. The molecule has 4 heteroatoms. The number of ether oxygens (including phenoxy) is 1. The van der Waals surface area contributed by atoms with Crippen LogP contribution < -0.4 is 0 Å². The van der Waals surface area contributed by atoms with Gasteiger partial charge in [0.05, 0.1) is 6.61 Å². The van der Waals surface area contributed by atoms with Crippen LogP contribution in [-0.2, 0) is 9.53 Å². The van der Waals surface area contributed by atoms with E-state index in [2.05, 4.69) is 19.1 Å². The highest BCUT2D eigenvalue weighted by Crippen LogP contribution is 2.09. The summed E-state index contributed by atoms with van der Waals surface area (Å²) in [5, 5.41) is 17.7. The largest absolute Gasteiger partial charge is 0.463 e. The van der Waals surface area contributed by atoms with Gasteiger partial charge < -0.3 is 14.9 Å². The van der Waals surface area contributed by atoms with Crippen molar-refractivity contribution in [2.24, 2.45) is 0 Å². The average Bonchev–Trinajstić information content (AvgIpc) is 2.59. The maximum Gasteiger partial charge on any atom is 0.305 e. The van der Waals surface area contributed by atoms with Gasteiger partial charge in [-0.1, -0.05) is 64.0 Å². The number of hydrogen-bond donors (Lipinski definition) is 2. The first-order valence-electron chi connectivity index (χ1n) is 9.80. The molecule has 0 aromatic rings. The van der Waals surface area contributed by atoms with E-state index in [1.807, 2.05) is 0 Å². The first kappa shape index (κ1) is 23.1. The van der Waals surface area contributed by atoms with Gasteiger partial charge >= 0.3 is 5.97 Å². The second-order valence-corrected chi connectivity index (χ2v) is 6.50. The van der Waals surface area contributed by atoms with Crippen LogP contribution in [0.25, 0.3) is 0 Å². The fourth-order valence-corrected chi connectivity index (χ4v) is 2.48. The Morgan fingerprint density at radius 1 is 0.917 bits per heavy atom. The third-order valence-electron chi connectivity index (χ3n) is 4.04. The molecule has 4 nitrogen and oxygen atoms in total. The molecular weight excluding hydrogens is 304 g/mol. The highest BCUT2D eigenvalue weighted by molar-refractivity contribution is 5.69. The van der Waals surface area contributed by atoms with Crippen LogP contribution in [0.4, 0.5) is 0 Å². The molecule has 0 aliphatic heterocycles. The smallest absolute Gasteiger partial charge is 0.305 e. The quantitative estimate of drug-likeness (QED) is 0.231. The molecule has 0 rings (SSSR count). The number of rotatable bonds is 17. The predicted molar refractivity (Wildman–Crippen MR) is 98.9 cm³/mol. The Morgan fingerprint density at radius 2 is 1.46 bits per heavy atom. The van der Waals surface area contributed by atoms with Gasteiger partial charge in [-0.05, 0) is 32.1 Å². The lowest BCUT2D eigenvalue weighted by Crippen LogP contribution is -2.21. The zero-order chi connectivity index (χ0) is 17.9. The lowest BCUT2D eigenvalue weighted by atomic mass is 10.1. The van der Waals surface area contributed by atoms with Crippen molar-refractivity contribution in [2.75, 3.05) is 13.2 Å². The van der Waals surface area contributed by atoms with Crippen molar-refractivity contribution in [1.29, 1.82) is 0 Å². The summed E-state index contributed by atoms with van der Waals surface area (Å²) in [4.78, 5) is 11.4. The Morgan fingerprint density at radius 3 is 2.04 bits per heavy atom. The molecule has 2 N–H and O–H groups in total. The third-order valence-corrected chi connectivity index (χ3v) is 4.04. The monoisotopic (exact) mass is 342 g/mol. The summed E-state index contributed by atoms with van der Waals surface area (Å²) in [7, 11) is 0. The predicted octanol–water partition coefficient (Wildman–Crippen LogP) is 4.53. The van der Waals surface area contributed by atoms with Crippen LogP contribution in [0.5, 0.6) is 0 Å². The molecule has 0 spiro atoms. The van der Waals surface area contributed by atoms with Gasteiger partial charge in [0.2, 0.25) is 0 Å². The number of hydrogen-bond acceptors (Lipinski definition) is 4. The molecule has 142 valence electrons. The second-order valence-electron chi connectivity index (χ2n) is 6.50. The first-order chi connectivity index (χ1) is 11.7. The Balaban J connectivity index is 3.23. The Kier molecular flexibility index (Phi) is 17.8. The molecular formula is C20H38O4. The van der Waals surface area contributed by atoms with E-state index < -0.39 is 6.10 Å². The fraction of sp³-hybridized carbons (Fsp3) is 0.850. The van der Waals surface area contributed by atoms with Gasteiger partial charge in [0.1, 0.15) is 12.7 Å². The van der Waals surface area contributed by atoms with Crippen molar-refractivity contribution in [1.82, 2.24) is 0 Å². The Hall–Kier alpha value is -0.870. The van der Waals surface area contributed by atoms with Crippen LogP contribution >= 0.6 is 0 Å². The average molecular weight is 343 g/mol. The SMILES string of the molecule is CCCCCCC/C=C\CCCCCCCC(=O)OC[C@H](O)CO. The normalized spacial score (nSPS) is 12.6. The van der Waals surface area contributed by atoms with Gasteiger partial charge in [0.15, 0.2) is 0 Å². The molecule has 0 aromatic heterocycles. The molecule has 0 fully saturated rings. The summed E-state index contributed by atoms with van der Waals surface area (Å²) < 4.78 is 4.85. The molecule has 0 amide bonds. The minimum absolute atomic E-state index is 0.111. The van der Waals surface area contributed by atoms with E-state index in [-0.39, 0.29) is 19.2 Å². The summed E-state index contributed by atoms with van der Waals surface area (Å²) >= 11 is 0. The first-order valence-corrected chi connectivity index (χ1v) is 9.80. The molecule has 0 aromatic carbocycles. The highest BCUT2D eigenvalue weighted by Gasteiger charge is 2.07. The van der Waals surface area contributed by atoms with Crippen LogP contribution in [0.1, 0.15) is 90.4 Å². The number of carbonyl (C=O) groups excluding carboxylic acids is 1. The minimum atomic E-state index is -0.960. The highest BCUT2D eigenvalue weighted by atomic mass is 16.5. The molecule has 0 bridgehead atoms. The van der Waals surface area contributed by atoms with E-state index in [4.69, 9.17) is 14.9 Å². The van der Waals surface area contributed by atoms with E-state index >= 15 is 0 Å². The van der Waals surface area contributed by atoms with E-state index in [9.17, 15) is 4.79 Å². The number of aliphatic hydroxyl groups is 2. The number of allylic oxidation sites excluding steroid dienone is 2. The lowest BCUT2D eigenvalue weighted by Gasteiger charge is -2.08. The second kappa shape index (κ2) is 18.5. The summed E-state index contributed by atoms with van der Waals surface area (Å²) in [5.41, 5.74) is 0. The van der Waals surface area contributed by atoms with Crippen molar-refractivity contribution in [3.63, 3.8) is 0 Å². The molecule has 0 heterocycles. The third kappa shape index (κ3) is 17.5. The fourth-order valence-electron chi connectivity index (χ4n) is 2.48. The molecule has 0 radical (unpaired) electrons. The van der Waals surface area contributed by atoms with Crippen molar-refractivity contribution < 1.29 is 19.7 Å². The number of carbonyl (C=O) groups is 1. The summed E-state index contributed by atoms with van der Waals surface area (Å²) in [6.07, 6.45) is 18.6. The van der Waals surface area contributed by atoms with E-state index in [1.54, 1.807) is 0 Å². The zero-order valence-corrected chi connectivity index (χ0v) is 15.5. The van der Waals surface area contributed by atoms with E-state index in [1.165, 1.54) is 51.4 Å². The van der Waals surface area contributed by atoms with Crippen molar-refractivity contribution in [2.45, 2.75) is 96.5 Å². The maximum absolute atomic E-state index is 11.4. The topological polar surface area (TPSA) is 66.8 Å². The van der Waals surface area contributed by atoms with Gasteiger partial charge in [-0.2, -0.15) is 0 Å². The van der Waals surface area contributed by atoms with Crippen LogP contribution in [0.15, 0.2) is 12.2 Å². The number of unbranched alkanes of at least 4 members (excludes halogenated alkanes) is 10. The van der Waals surface area contributed by atoms with Gasteiger partial charge in [0.25, 0.3) is 0 Å². The van der Waals surface area contributed by atoms with Crippen LogP contribution in [0, 0.1) is 0 Å². The lowest BCUT2D eigenvalue weighted by molar-refractivity contribution is -0.147. The molecule has 0 saturated heterocycles. The van der Waals surface area contributed by atoms with Gasteiger partial charge in [-0.15, -0.1) is 0 Å². The van der Waals surface area contributed by atoms with Crippen LogP contribution in [0.3, 0.4) is 0 Å². The van der Waals surface area contributed by atoms with Crippen molar-refractivity contribution in [3.8, 4) is 0 Å². The molecule has 0 saturated carbocycles. The van der Waals surface area contributed by atoms with Gasteiger partial charge in [-0.3, -0.25) is 4.79 Å². The molecule has 0 unspecified atom stereocenters. The zero-order valence-electron chi connectivity index (χ0n) is 15.5.